The lowest BCUT2D eigenvalue weighted by molar-refractivity contribution is 0.102. The number of aromatic nitrogens is 5. The molecule has 0 radical (unpaired) electrons. The van der Waals surface area contributed by atoms with Crippen LogP contribution in [0.1, 0.15) is 10.5 Å². The number of aromatic amines is 1. The van der Waals surface area contributed by atoms with Gasteiger partial charge in [0.1, 0.15) is 11.4 Å². The summed E-state index contributed by atoms with van der Waals surface area (Å²) in [5.41, 5.74) is 1.35. The van der Waals surface area contributed by atoms with Crippen molar-refractivity contribution in [2.24, 2.45) is 0 Å². The number of anilines is 1. The quantitative estimate of drug-likeness (QED) is 0.665. The maximum absolute atomic E-state index is 12.0. The monoisotopic (exact) mass is 282 g/mol. The number of hydrogen-bond donors (Lipinski definition) is 3. The molecule has 3 aromatic rings. The Morgan fingerprint density at radius 1 is 1.19 bits per heavy atom. The van der Waals surface area contributed by atoms with Gasteiger partial charge in [0.25, 0.3) is 5.91 Å². The Labute approximate surface area is 118 Å². The van der Waals surface area contributed by atoms with Crippen LogP contribution in [0.25, 0.3) is 11.3 Å². The van der Waals surface area contributed by atoms with Gasteiger partial charge < -0.3 is 5.11 Å². The summed E-state index contributed by atoms with van der Waals surface area (Å²) in [6.45, 7) is 0. The lowest BCUT2D eigenvalue weighted by Gasteiger charge is -2.05. The van der Waals surface area contributed by atoms with Gasteiger partial charge in [-0.25, -0.2) is 10.1 Å². The topological polar surface area (TPSA) is 117 Å². The lowest BCUT2D eigenvalue weighted by atomic mass is 10.1. The summed E-state index contributed by atoms with van der Waals surface area (Å²) in [5, 5.41) is 24.8. The van der Waals surface area contributed by atoms with Gasteiger partial charge in [-0.05, 0) is 10.4 Å². The Morgan fingerprint density at radius 2 is 2.00 bits per heavy atom. The molecule has 8 heteroatoms. The van der Waals surface area contributed by atoms with Crippen LogP contribution in [0.5, 0.6) is 5.75 Å². The molecule has 2 aromatic heterocycles. The molecular formula is C13H10N6O2. The molecule has 21 heavy (non-hydrogen) atoms. The number of aromatic hydroxyl groups is 1. The van der Waals surface area contributed by atoms with Crippen LogP contribution in [-0.2, 0) is 0 Å². The van der Waals surface area contributed by atoms with Crippen LogP contribution >= 0.6 is 0 Å². The molecular weight excluding hydrogens is 272 g/mol. The SMILES string of the molecule is O=C(Nc1nnn[nH]1)c1cc(O)cc(-c2ccccc2)n1. The summed E-state index contributed by atoms with van der Waals surface area (Å²) in [6, 6.07) is 12.0. The Balaban J connectivity index is 1.93. The fourth-order valence-electron chi connectivity index (χ4n) is 1.77. The Kier molecular flexibility index (Phi) is 3.26. The molecule has 2 heterocycles. The lowest BCUT2D eigenvalue weighted by Crippen LogP contribution is -2.15. The minimum absolute atomic E-state index is 0.0512. The molecule has 3 N–H and O–H groups in total. The van der Waals surface area contributed by atoms with E-state index in [0.29, 0.717) is 5.69 Å². The standard InChI is InChI=1S/C13H10N6O2/c20-9-6-10(8-4-2-1-3-5-8)14-11(7-9)12(21)15-13-16-18-19-17-13/h1-7H,(H,14,20)(H2,15,16,17,18,19,21). The van der Waals surface area contributed by atoms with Crippen molar-refractivity contribution in [3.8, 4) is 17.0 Å². The van der Waals surface area contributed by atoms with Gasteiger partial charge in [0, 0.05) is 17.7 Å². The summed E-state index contributed by atoms with van der Waals surface area (Å²) in [5.74, 6) is -0.474. The van der Waals surface area contributed by atoms with Crippen LogP contribution in [0.2, 0.25) is 0 Å². The zero-order chi connectivity index (χ0) is 14.7. The van der Waals surface area contributed by atoms with E-state index in [1.54, 1.807) is 0 Å². The van der Waals surface area contributed by atoms with Crippen LogP contribution in [0, 0.1) is 0 Å². The number of H-pyrrole nitrogens is 1. The van der Waals surface area contributed by atoms with Crippen molar-refractivity contribution in [3.05, 3.63) is 48.2 Å². The number of carbonyl (C=O) groups excluding carboxylic acids is 1. The number of hydrogen-bond acceptors (Lipinski definition) is 6. The fraction of sp³-hybridized carbons (Fsp3) is 0. The minimum atomic E-state index is -0.526. The number of nitrogens with one attached hydrogen (secondary N) is 2. The maximum Gasteiger partial charge on any atom is 0.276 e. The Morgan fingerprint density at radius 3 is 2.71 bits per heavy atom. The number of amides is 1. The molecule has 0 atom stereocenters. The molecule has 0 aliphatic heterocycles. The molecule has 1 aromatic carbocycles. The van der Waals surface area contributed by atoms with E-state index in [4.69, 9.17) is 0 Å². The van der Waals surface area contributed by atoms with Crippen molar-refractivity contribution in [3.63, 3.8) is 0 Å². The number of carbonyl (C=O) groups is 1. The number of tetrazole rings is 1. The van der Waals surface area contributed by atoms with E-state index in [0.717, 1.165) is 5.56 Å². The molecule has 0 saturated heterocycles. The smallest absolute Gasteiger partial charge is 0.276 e. The molecule has 0 spiro atoms. The van der Waals surface area contributed by atoms with Crippen LogP contribution < -0.4 is 5.32 Å². The molecule has 0 fully saturated rings. The Hall–Kier alpha value is -3.29. The molecule has 1 amide bonds. The third-order valence-corrected chi connectivity index (χ3v) is 2.69. The van der Waals surface area contributed by atoms with Gasteiger partial charge in [0.15, 0.2) is 0 Å². The van der Waals surface area contributed by atoms with Crippen molar-refractivity contribution in [2.75, 3.05) is 5.32 Å². The molecule has 104 valence electrons. The van der Waals surface area contributed by atoms with E-state index in [1.807, 2.05) is 30.3 Å². The van der Waals surface area contributed by atoms with Gasteiger partial charge in [-0.1, -0.05) is 35.4 Å². The van der Waals surface area contributed by atoms with E-state index in [2.05, 4.69) is 30.9 Å². The highest BCUT2D eigenvalue weighted by atomic mass is 16.3. The normalized spacial score (nSPS) is 10.3. The maximum atomic E-state index is 12.0. The van der Waals surface area contributed by atoms with Crippen LogP contribution in [-0.4, -0.2) is 36.6 Å². The van der Waals surface area contributed by atoms with E-state index in [1.165, 1.54) is 12.1 Å². The summed E-state index contributed by atoms with van der Waals surface area (Å²) in [7, 11) is 0. The van der Waals surface area contributed by atoms with Gasteiger partial charge in [-0.15, -0.1) is 0 Å². The van der Waals surface area contributed by atoms with Gasteiger partial charge in [0.2, 0.25) is 5.95 Å². The number of nitrogens with zero attached hydrogens (tertiary/aromatic N) is 4. The summed E-state index contributed by atoms with van der Waals surface area (Å²) in [4.78, 5) is 16.3. The first-order valence-electron chi connectivity index (χ1n) is 6.04. The highest BCUT2D eigenvalue weighted by Gasteiger charge is 2.13. The van der Waals surface area contributed by atoms with Crippen molar-refractivity contribution in [2.45, 2.75) is 0 Å². The van der Waals surface area contributed by atoms with E-state index < -0.39 is 5.91 Å². The average Bonchev–Trinajstić information content (AvgIpc) is 3.00. The van der Waals surface area contributed by atoms with Crippen molar-refractivity contribution in [1.82, 2.24) is 25.6 Å². The fourth-order valence-corrected chi connectivity index (χ4v) is 1.77. The van der Waals surface area contributed by atoms with Gasteiger partial charge in [-0.3, -0.25) is 10.1 Å². The third-order valence-electron chi connectivity index (χ3n) is 2.69. The van der Waals surface area contributed by atoms with Crippen LogP contribution in [0.4, 0.5) is 5.95 Å². The van der Waals surface area contributed by atoms with Crippen molar-refractivity contribution >= 4 is 11.9 Å². The summed E-state index contributed by atoms with van der Waals surface area (Å²) >= 11 is 0. The van der Waals surface area contributed by atoms with Gasteiger partial charge in [-0.2, -0.15) is 0 Å². The molecule has 0 aliphatic rings. The first-order chi connectivity index (χ1) is 10.2. The summed E-state index contributed by atoms with van der Waals surface area (Å²) < 4.78 is 0. The molecule has 3 rings (SSSR count). The first kappa shape index (κ1) is 12.7. The van der Waals surface area contributed by atoms with Crippen LogP contribution in [0.3, 0.4) is 0 Å². The molecule has 0 saturated carbocycles. The zero-order valence-electron chi connectivity index (χ0n) is 10.7. The van der Waals surface area contributed by atoms with Crippen LogP contribution in [0.15, 0.2) is 42.5 Å². The molecule has 0 bridgehead atoms. The largest absolute Gasteiger partial charge is 0.508 e. The van der Waals surface area contributed by atoms with E-state index in [-0.39, 0.29) is 17.4 Å². The number of benzene rings is 1. The molecule has 0 aliphatic carbocycles. The predicted molar refractivity (Wildman–Crippen MR) is 73.5 cm³/mol. The molecule has 8 nitrogen and oxygen atoms in total. The predicted octanol–water partition coefficient (Wildman–Crippen LogP) is 1.22. The molecule has 0 unspecified atom stereocenters. The average molecular weight is 282 g/mol. The third kappa shape index (κ3) is 2.84. The minimum Gasteiger partial charge on any atom is -0.508 e. The van der Waals surface area contributed by atoms with Crippen molar-refractivity contribution in [1.29, 1.82) is 0 Å². The second-order valence-corrected chi connectivity index (χ2v) is 4.17. The van der Waals surface area contributed by atoms with E-state index >= 15 is 0 Å². The summed E-state index contributed by atoms with van der Waals surface area (Å²) in [6.07, 6.45) is 0. The van der Waals surface area contributed by atoms with Gasteiger partial charge in [0.05, 0.1) is 5.69 Å². The Bertz CT molecular complexity index is 758. The zero-order valence-corrected chi connectivity index (χ0v) is 10.7. The first-order valence-corrected chi connectivity index (χ1v) is 6.04. The number of rotatable bonds is 3. The highest BCUT2D eigenvalue weighted by molar-refractivity contribution is 6.02. The van der Waals surface area contributed by atoms with E-state index in [9.17, 15) is 9.90 Å². The van der Waals surface area contributed by atoms with Gasteiger partial charge >= 0.3 is 0 Å². The second kappa shape index (κ2) is 5.37. The van der Waals surface area contributed by atoms with Crippen molar-refractivity contribution < 1.29 is 9.90 Å². The second-order valence-electron chi connectivity index (χ2n) is 4.17. The highest BCUT2D eigenvalue weighted by Crippen LogP contribution is 2.22. The number of pyridine rings is 1.